The number of aromatic nitrogens is 3. The Morgan fingerprint density at radius 1 is 0.936 bits per heavy atom. The van der Waals surface area contributed by atoms with Gasteiger partial charge in [0.2, 0.25) is 5.91 Å². The molecule has 0 saturated heterocycles. The number of carbonyl (C=O) groups excluding carboxylic acids is 4. The summed E-state index contributed by atoms with van der Waals surface area (Å²) >= 11 is 1.46. The Morgan fingerprint density at radius 3 is 2.15 bits per heavy atom. The molecular weight excluding hydrogens is 622 g/mol. The predicted molar refractivity (Wildman–Crippen MR) is 180 cm³/mol. The first-order chi connectivity index (χ1) is 21.7. The number of nitrogens with one attached hydrogen (secondary N) is 2. The lowest BCUT2D eigenvalue weighted by atomic mass is 10.0. The molecule has 3 rings (SSSR count). The Hall–Kier alpha value is -5.03. The summed E-state index contributed by atoms with van der Waals surface area (Å²) in [5.41, 5.74) is 2.35. The summed E-state index contributed by atoms with van der Waals surface area (Å²) in [4.78, 5) is 67.2. The molecule has 3 heterocycles. The van der Waals surface area contributed by atoms with Crippen LogP contribution in [-0.4, -0.2) is 80.1 Å². The van der Waals surface area contributed by atoms with E-state index in [2.05, 4.69) is 37.5 Å². The molecule has 0 spiro atoms. The SMILES string of the molecule is CC(=O)c1c(NN(C)C(=O)OC(C)(C)C)nc(C)nc1-c1cc(C#Cc2cccs2)nc(NC(=O)C(C)N(C)C(=O)OC(C)(C)C)c1. The number of likely N-dealkylation sites (N-methyl/N-ethyl adjacent to an activating group) is 1. The molecule has 0 aromatic carbocycles. The summed E-state index contributed by atoms with van der Waals surface area (Å²) in [6, 6.07) is 5.99. The number of carbonyl (C=O) groups is 4. The zero-order valence-corrected chi connectivity index (χ0v) is 29.4. The summed E-state index contributed by atoms with van der Waals surface area (Å²) in [6.07, 6.45) is -1.35. The van der Waals surface area contributed by atoms with Crippen molar-refractivity contribution in [3.05, 3.63) is 51.6 Å². The number of ketones is 1. The molecule has 1 atom stereocenters. The van der Waals surface area contributed by atoms with Gasteiger partial charge in [0.15, 0.2) is 11.6 Å². The van der Waals surface area contributed by atoms with E-state index in [9.17, 15) is 19.2 Å². The average Bonchev–Trinajstić information content (AvgIpc) is 3.46. The van der Waals surface area contributed by atoms with E-state index in [0.717, 1.165) is 9.89 Å². The maximum Gasteiger partial charge on any atom is 0.428 e. The maximum absolute atomic E-state index is 13.3. The Labute approximate surface area is 279 Å². The first-order valence-electron chi connectivity index (χ1n) is 14.7. The van der Waals surface area contributed by atoms with Crippen LogP contribution in [0.4, 0.5) is 21.2 Å². The number of ether oxygens (including phenoxy) is 2. The number of aryl methyl sites for hydroxylation is 1. The van der Waals surface area contributed by atoms with Crippen LogP contribution in [0, 0.1) is 18.8 Å². The molecule has 0 saturated carbocycles. The van der Waals surface area contributed by atoms with Gasteiger partial charge in [-0.05, 0) is 97.7 Å². The standard InChI is InChI=1S/C33H41N7O6S/c1-19(39(10)30(43)45-32(4,5)6)29(42)37-25-18-22(17-23(36-25)14-15-24-13-12-16-47-24)27-26(20(2)41)28(35-21(3)34-27)38-40(11)31(44)46-33(7,8)9/h12-13,16-19H,1-11H3,(H,34,35,38)(H,36,37,42). The molecule has 0 aliphatic heterocycles. The number of Topliss-reactive ketones (excluding diaryl/α,β-unsaturated/α-hetero) is 1. The third kappa shape index (κ3) is 10.5. The molecule has 0 aliphatic carbocycles. The van der Waals surface area contributed by atoms with Gasteiger partial charge in [-0.1, -0.05) is 6.07 Å². The molecule has 13 nitrogen and oxygen atoms in total. The molecule has 0 bridgehead atoms. The van der Waals surface area contributed by atoms with Crippen LogP contribution in [0.5, 0.6) is 0 Å². The van der Waals surface area contributed by atoms with Crippen LogP contribution in [0.1, 0.15) is 82.1 Å². The van der Waals surface area contributed by atoms with Crippen molar-refractivity contribution in [2.45, 2.75) is 79.6 Å². The van der Waals surface area contributed by atoms with Crippen molar-refractivity contribution < 1.29 is 28.7 Å². The lowest BCUT2D eigenvalue weighted by molar-refractivity contribution is -0.120. The molecule has 2 N–H and O–H groups in total. The highest BCUT2D eigenvalue weighted by Gasteiger charge is 2.28. The lowest BCUT2D eigenvalue weighted by Crippen LogP contribution is -2.45. The molecule has 0 fully saturated rings. The Kier molecular flexibility index (Phi) is 11.3. The summed E-state index contributed by atoms with van der Waals surface area (Å²) < 4.78 is 10.8. The fourth-order valence-electron chi connectivity index (χ4n) is 3.90. The lowest BCUT2D eigenvalue weighted by Gasteiger charge is -2.28. The first kappa shape index (κ1) is 36.4. The van der Waals surface area contributed by atoms with Gasteiger partial charge in [0.25, 0.3) is 0 Å². The van der Waals surface area contributed by atoms with E-state index in [1.165, 1.54) is 37.3 Å². The topological polar surface area (TPSA) is 156 Å². The summed E-state index contributed by atoms with van der Waals surface area (Å²) in [7, 11) is 2.91. The monoisotopic (exact) mass is 663 g/mol. The summed E-state index contributed by atoms with van der Waals surface area (Å²) in [5.74, 6) is 5.63. The van der Waals surface area contributed by atoms with E-state index >= 15 is 0 Å². The highest BCUT2D eigenvalue weighted by atomic mass is 32.1. The van der Waals surface area contributed by atoms with Crippen molar-refractivity contribution in [3.8, 4) is 23.1 Å². The number of pyridine rings is 1. The molecule has 0 radical (unpaired) electrons. The van der Waals surface area contributed by atoms with Crippen LogP contribution in [0.3, 0.4) is 0 Å². The molecular formula is C33H41N7O6S. The molecule has 47 heavy (non-hydrogen) atoms. The van der Waals surface area contributed by atoms with E-state index in [1.807, 2.05) is 17.5 Å². The molecule has 3 aromatic rings. The Balaban J connectivity index is 2.09. The van der Waals surface area contributed by atoms with E-state index in [0.29, 0.717) is 11.4 Å². The normalized spacial score (nSPS) is 11.8. The van der Waals surface area contributed by atoms with E-state index in [1.54, 1.807) is 67.5 Å². The third-order valence-corrected chi connectivity index (χ3v) is 6.93. The number of thiophene rings is 1. The highest BCUT2D eigenvalue weighted by molar-refractivity contribution is 7.10. The number of nitrogens with zero attached hydrogens (tertiary/aromatic N) is 5. The molecule has 0 aliphatic rings. The smallest absolute Gasteiger partial charge is 0.428 e. The van der Waals surface area contributed by atoms with Crippen molar-refractivity contribution in [3.63, 3.8) is 0 Å². The van der Waals surface area contributed by atoms with Crippen molar-refractivity contribution in [2.75, 3.05) is 24.8 Å². The second-order valence-corrected chi connectivity index (χ2v) is 13.6. The minimum Gasteiger partial charge on any atom is -0.444 e. The molecule has 1 unspecified atom stereocenters. The van der Waals surface area contributed by atoms with Crippen LogP contribution >= 0.6 is 11.3 Å². The fraction of sp³-hybridized carbons (Fsp3) is 0.424. The van der Waals surface area contributed by atoms with Gasteiger partial charge in [-0.2, -0.15) is 0 Å². The predicted octanol–water partition coefficient (Wildman–Crippen LogP) is 5.90. The summed E-state index contributed by atoms with van der Waals surface area (Å²) in [6.45, 7) is 15.0. The zero-order valence-electron chi connectivity index (χ0n) is 28.6. The minimum absolute atomic E-state index is 0.0783. The maximum atomic E-state index is 13.3. The number of amides is 3. The Morgan fingerprint density at radius 2 is 1.57 bits per heavy atom. The van der Waals surface area contributed by atoms with Crippen molar-refractivity contribution in [1.82, 2.24) is 24.9 Å². The first-order valence-corrected chi connectivity index (χ1v) is 15.6. The van der Waals surface area contributed by atoms with Gasteiger partial charge in [-0.15, -0.1) is 11.3 Å². The quantitative estimate of drug-likeness (QED) is 0.177. The van der Waals surface area contributed by atoms with E-state index < -0.39 is 35.3 Å². The average molecular weight is 664 g/mol. The van der Waals surface area contributed by atoms with Crippen LogP contribution < -0.4 is 10.7 Å². The van der Waals surface area contributed by atoms with E-state index in [-0.39, 0.29) is 34.4 Å². The van der Waals surface area contributed by atoms with Crippen LogP contribution in [-0.2, 0) is 14.3 Å². The Bertz CT molecular complexity index is 1720. The molecule has 3 aromatic heterocycles. The second-order valence-electron chi connectivity index (χ2n) is 12.7. The highest BCUT2D eigenvalue weighted by Crippen LogP contribution is 2.30. The van der Waals surface area contributed by atoms with Crippen molar-refractivity contribution >= 4 is 46.8 Å². The van der Waals surface area contributed by atoms with E-state index in [4.69, 9.17) is 9.47 Å². The second kappa shape index (κ2) is 14.6. The molecule has 250 valence electrons. The number of rotatable bonds is 7. The van der Waals surface area contributed by atoms with Gasteiger partial charge in [-0.25, -0.2) is 29.5 Å². The van der Waals surface area contributed by atoms with Crippen LogP contribution in [0.25, 0.3) is 11.3 Å². The van der Waals surface area contributed by atoms with Gasteiger partial charge in [-0.3, -0.25) is 19.9 Å². The van der Waals surface area contributed by atoms with Gasteiger partial charge in [0.1, 0.15) is 34.6 Å². The van der Waals surface area contributed by atoms with Gasteiger partial charge < -0.3 is 14.8 Å². The number of hydrazine groups is 1. The van der Waals surface area contributed by atoms with Crippen molar-refractivity contribution in [2.24, 2.45) is 0 Å². The minimum atomic E-state index is -0.927. The van der Waals surface area contributed by atoms with Gasteiger partial charge >= 0.3 is 12.2 Å². The van der Waals surface area contributed by atoms with Crippen LogP contribution in [0.2, 0.25) is 0 Å². The van der Waals surface area contributed by atoms with Crippen molar-refractivity contribution in [1.29, 1.82) is 0 Å². The van der Waals surface area contributed by atoms with Gasteiger partial charge in [0, 0.05) is 19.7 Å². The zero-order chi connectivity index (χ0) is 35.3. The fourth-order valence-corrected chi connectivity index (χ4v) is 4.47. The summed E-state index contributed by atoms with van der Waals surface area (Å²) in [5, 5.41) is 5.73. The number of hydrogen-bond donors (Lipinski definition) is 2. The number of hydrogen-bond acceptors (Lipinski definition) is 11. The molecule has 3 amide bonds. The van der Waals surface area contributed by atoms with Gasteiger partial charge in [0.05, 0.1) is 16.1 Å². The largest absolute Gasteiger partial charge is 0.444 e. The molecule has 14 heteroatoms. The van der Waals surface area contributed by atoms with Crippen LogP contribution in [0.15, 0.2) is 29.6 Å². The number of anilines is 2. The third-order valence-electron chi connectivity index (χ3n) is 6.14.